The molecule has 4 nitrogen and oxygen atoms in total. The lowest BCUT2D eigenvalue weighted by Gasteiger charge is -2.33. The van der Waals surface area contributed by atoms with Crippen LogP contribution in [0.25, 0.3) is 0 Å². The van der Waals surface area contributed by atoms with Crippen LogP contribution in [0, 0.1) is 0 Å². The molecule has 0 aromatic heterocycles. The molecule has 1 saturated heterocycles. The molecular formula is C13H28N2O2S. The Morgan fingerprint density at radius 3 is 2.39 bits per heavy atom. The maximum atomic E-state index is 11.7. The fourth-order valence-corrected chi connectivity index (χ4v) is 3.61. The van der Waals surface area contributed by atoms with Crippen LogP contribution in [0.5, 0.6) is 0 Å². The third kappa shape index (κ3) is 4.86. The molecule has 0 aromatic rings. The first kappa shape index (κ1) is 15.9. The number of sulfonamides is 1. The van der Waals surface area contributed by atoms with Crippen LogP contribution in [0.3, 0.4) is 0 Å². The molecule has 0 aliphatic carbocycles. The number of hydrogen-bond donors (Lipinski definition) is 1. The van der Waals surface area contributed by atoms with Gasteiger partial charge in [-0.05, 0) is 33.1 Å². The molecule has 0 radical (unpaired) electrons. The molecule has 1 fully saturated rings. The number of unbranched alkanes of at least 4 members (excludes halogenated alkanes) is 1. The van der Waals surface area contributed by atoms with Gasteiger partial charge in [-0.1, -0.05) is 19.8 Å². The lowest BCUT2D eigenvalue weighted by molar-refractivity contribution is 0.272. The molecule has 1 heterocycles. The molecule has 108 valence electrons. The number of nitrogens with one attached hydrogen (secondary N) is 1. The Labute approximate surface area is 112 Å². The zero-order chi connectivity index (χ0) is 13.6. The summed E-state index contributed by atoms with van der Waals surface area (Å²) < 4.78 is 25.1. The van der Waals surface area contributed by atoms with E-state index in [1.807, 2.05) is 0 Å². The van der Waals surface area contributed by atoms with Gasteiger partial charge < -0.3 is 5.32 Å². The minimum atomic E-state index is -2.98. The van der Waals surface area contributed by atoms with E-state index in [-0.39, 0.29) is 5.75 Å². The predicted molar refractivity (Wildman–Crippen MR) is 76.2 cm³/mol. The van der Waals surface area contributed by atoms with E-state index < -0.39 is 10.0 Å². The van der Waals surface area contributed by atoms with E-state index in [9.17, 15) is 8.42 Å². The van der Waals surface area contributed by atoms with Crippen LogP contribution in [-0.4, -0.2) is 43.6 Å². The van der Waals surface area contributed by atoms with Crippen molar-refractivity contribution in [3.8, 4) is 0 Å². The minimum Gasteiger partial charge on any atom is -0.311 e. The lowest BCUT2D eigenvalue weighted by atomic mass is 10.0. The quantitative estimate of drug-likeness (QED) is 0.773. The average molecular weight is 276 g/mol. The molecule has 0 aromatic carbocycles. The van der Waals surface area contributed by atoms with Crippen molar-refractivity contribution >= 4 is 10.0 Å². The van der Waals surface area contributed by atoms with Crippen LogP contribution >= 0.6 is 0 Å². The van der Waals surface area contributed by atoms with Crippen molar-refractivity contribution in [2.75, 3.05) is 18.8 Å². The Morgan fingerprint density at radius 1 is 1.28 bits per heavy atom. The van der Waals surface area contributed by atoms with Crippen molar-refractivity contribution in [2.45, 2.75) is 65.0 Å². The number of piperidine rings is 1. The highest BCUT2D eigenvalue weighted by Crippen LogP contribution is 2.15. The smallest absolute Gasteiger partial charge is 0.213 e. The first-order valence-electron chi connectivity index (χ1n) is 7.23. The van der Waals surface area contributed by atoms with Gasteiger partial charge in [-0.2, -0.15) is 0 Å². The SMILES string of the molecule is CCCCC(C)NC1CCN(S(=O)(=O)CC)CC1. The van der Waals surface area contributed by atoms with E-state index in [0.29, 0.717) is 25.2 Å². The second kappa shape index (κ2) is 7.46. The van der Waals surface area contributed by atoms with Gasteiger partial charge >= 0.3 is 0 Å². The maximum absolute atomic E-state index is 11.7. The third-order valence-corrected chi connectivity index (χ3v) is 5.60. The Balaban J connectivity index is 2.31. The summed E-state index contributed by atoms with van der Waals surface area (Å²) in [4.78, 5) is 0. The number of nitrogens with zero attached hydrogens (tertiary/aromatic N) is 1. The summed E-state index contributed by atoms with van der Waals surface area (Å²) in [5, 5.41) is 3.62. The van der Waals surface area contributed by atoms with Crippen molar-refractivity contribution in [1.82, 2.24) is 9.62 Å². The third-order valence-electron chi connectivity index (χ3n) is 3.72. The monoisotopic (exact) mass is 276 g/mol. The molecule has 0 bridgehead atoms. The topological polar surface area (TPSA) is 49.4 Å². The molecule has 0 saturated carbocycles. The summed E-state index contributed by atoms with van der Waals surface area (Å²) in [6.45, 7) is 7.50. The van der Waals surface area contributed by atoms with Crippen molar-refractivity contribution in [3.63, 3.8) is 0 Å². The van der Waals surface area contributed by atoms with Gasteiger partial charge in [0.1, 0.15) is 0 Å². The summed E-state index contributed by atoms with van der Waals surface area (Å²) in [6, 6.07) is 1.03. The Hall–Kier alpha value is -0.130. The molecule has 1 N–H and O–H groups in total. The van der Waals surface area contributed by atoms with E-state index in [1.165, 1.54) is 19.3 Å². The van der Waals surface area contributed by atoms with Crippen LogP contribution in [-0.2, 0) is 10.0 Å². The molecular weight excluding hydrogens is 248 g/mol. The van der Waals surface area contributed by atoms with Crippen LogP contribution < -0.4 is 5.32 Å². The summed E-state index contributed by atoms with van der Waals surface area (Å²) in [6.07, 6.45) is 5.59. The molecule has 5 heteroatoms. The van der Waals surface area contributed by atoms with Crippen molar-refractivity contribution < 1.29 is 8.42 Å². The zero-order valence-electron chi connectivity index (χ0n) is 12.0. The highest BCUT2D eigenvalue weighted by molar-refractivity contribution is 7.89. The maximum Gasteiger partial charge on any atom is 0.213 e. The highest BCUT2D eigenvalue weighted by atomic mass is 32.2. The fraction of sp³-hybridized carbons (Fsp3) is 1.00. The van der Waals surface area contributed by atoms with E-state index in [4.69, 9.17) is 0 Å². The lowest BCUT2D eigenvalue weighted by Crippen LogP contribution is -2.47. The van der Waals surface area contributed by atoms with Gasteiger partial charge in [0.05, 0.1) is 5.75 Å². The predicted octanol–water partition coefficient (Wildman–Crippen LogP) is 1.97. The minimum absolute atomic E-state index is 0.220. The van der Waals surface area contributed by atoms with Gasteiger partial charge in [0.2, 0.25) is 10.0 Å². The standard InChI is InChI=1S/C13H28N2O2S/c1-4-6-7-12(3)14-13-8-10-15(11-9-13)18(16,17)5-2/h12-14H,4-11H2,1-3H3. The van der Waals surface area contributed by atoms with E-state index in [0.717, 1.165) is 12.8 Å². The van der Waals surface area contributed by atoms with E-state index in [2.05, 4.69) is 19.2 Å². The zero-order valence-corrected chi connectivity index (χ0v) is 12.8. The van der Waals surface area contributed by atoms with Crippen LogP contribution in [0.2, 0.25) is 0 Å². The molecule has 0 spiro atoms. The number of rotatable bonds is 7. The molecule has 0 amide bonds. The highest BCUT2D eigenvalue weighted by Gasteiger charge is 2.26. The molecule has 18 heavy (non-hydrogen) atoms. The largest absolute Gasteiger partial charge is 0.311 e. The van der Waals surface area contributed by atoms with E-state index in [1.54, 1.807) is 11.2 Å². The van der Waals surface area contributed by atoms with Crippen LogP contribution in [0.1, 0.15) is 52.9 Å². The van der Waals surface area contributed by atoms with Crippen molar-refractivity contribution in [1.29, 1.82) is 0 Å². The van der Waals surface area contributed by atoms with Gasteiger partial charge in [0.15, 0.2) is 0 Å². The summed E-state index contributed by atoms with van der Waals surface area (Å²) >= 11 is 0. The molecule has 1 unspecified atom stereocenters. The fourth-order valence-electron chi connectivity index (χ4n) is 2.48. The summed E-state index contributed by atoms with van der Waals surface area (Å²) in [5.74, 6) is 0.220. The molecule has 1 aliphatic rings. The Kier molecular flexibility index (Phi) is 6.60. The van der Waals surface area contributed by atoms with Gasteiger partial charge in [0, 0.05) is 25.2 Å². The molecule has 1 atom stereocenters. The van der Waals surface area contributed by atoms with E-state index >= 15 is 0 Å². The van der Waals surface area contributed by atoms with Crippen LogP contribution in [0.15, 0.2) is 0 Å². The first-order valence-corrected chi connectivity index (χ1v) is 8.84. The second-order valence-electron chi connectivity index (χ2n) is 5.28. The van der Waals surface area contributed by atoms with Gasteiger partial charge in [-0.25, -0.2) is 12.7 Å². The molecule has 1 rings (SSSR count). The normalized spacial score (nSPS) is 21.1. The summed E-state index contributed by atoms with van der Waals surface area (Å²) in [7, 11) is -2.98. The van der Waals surface area contributed by atoms with Gasteiger partial charge in [-0.3, -0.25) is 0 Å². The second-order valence-corrected chi connectivity index (χ2v) is 7.54. The van der Waals surface area contributed by atoms with Crippen molar-refractivity contribution in [2.24, 2.45) is 0 Å². The molecule has 1 aliphatic heterocycles. The van der Waals surface area contributed by atoms with Gasteiger partial charge in [0.25, 0.3) is 0 Å². The Bertz CT molecular complexity index is 322. The van der Waals surface area contributed by atoms with Crippen molar-refractivity contribution in [3.05, 3.63) is 0 Å². The first-order chi connectivity index (χ1) is 8.49. The van der Waals surface area contributed by atoms with Gasteiger partial charge in [-0.15, -0.1) is 0 Å². The number of hydrogen-bond acceptors (Lipinski definition) is 3. The Morgan fingerprint density at radius 2 is 1.89 bits per heavy atom. The van der Waals surface area contributed by atoms with Crippen LogP contribution in [0.4, 0.5) is 0 Å². The summed E-state index contributed by atoms with van der Waals surface area (Å²) in [5.41, 5.74) is 0. The average Bonchev–Trinajstić information content (AvgIpc) is 2.37.